The van der Waals surface area contributed by atoms with Crippen LogP contribution in [0.15, 0.2) is 29.0 Å². The van der Waals surface area contributed by atoms with Crippen molar-refractivity contribution in [1.29, 1.82) is 0 Å². The minimum absolute atomic E-state index is 0.0302. The van der Waals surface area contributed by atoms with Gasteiger partial charge in [0.15, 0.2) is 6.39 Å². The third-order valence-corrected chi connectivity index (χ3v) is 2.96. The molecule has 0 saturated heterocycles. The van der Waals surface area contributed by atoms with Gasteiger partial charge in [-0.1, -0.05) is 24.4 Å². The Labute approximate surface area is 120 Å². The molecule has 1 aromatic carbocycles. The van der Waals surface area contributed by atoms with Crippen LogP contribution in [0, 0.1) is 12.7 Å². The molecule has 0 atom stereocenters. The van der Waals surface area contributed by atoms with Crippen LogP contribution in [0.2, 0.25) is 0 Å². The van der Waals surface area contributed by atoms with Crippen molar-refractivity contribution in [2.75, 3.05) is 0 Å². The number of rotatable bonds is 4. The van der Waals surface area contributed by atoms with Crippen LogP contribution in [-0.2, 0) is 6.54 Å². The van der Waals surface area contributed by atoms with Gasteiger partial charge in [-0.15, -0.1) is 0 Å². The number of carbonyl (C=O) groups excluding carboxylic acids is 1. The van der Waals surface area contributed by atoms with Crippen LogP contribution in [-0.4, -0.2) is 15.9 Å². The maximum absolute atomic E-state index is 13.8. The van der Waals surface area contributed by atoms with Crippen molar-refractivity contribution in [3.05, 3.63) is 53.0 Å². The van der Waals surface area contributed by atoms with Gasteiger partial charge in [0.05, 0.1) is 5.69 Å². The van der Waals surface area contributed by atoms with Gasteiger partial charge in [0.2, 0.25) is 5.76 Å². The number of carbonyl (C=O) groups is 1. The van der Waals surface area contributed by atoms with Gasteiger partial charge in [-0.25, -0.2) is 9.37 Å². The zero-order chi connectivity index (χ0) is 14.7. The molecule has 0 saturated carbocycles. The van der Waals surface area contributed by atoms with Crippen LogP contribution >= 0.6 is 12.2 Å². The summed E-state index contributed by atoms with van der Waals surface area (Å²) >= 11 is 4.76. The standard InChI is InChI=1S/C13H12FN3O2S/c1-7-11(19-6-17-7)13(18)16-5-9-3-2-8(12(15)20)4-10(9)14/h2-4,6H,5H2,1H3,(H2,15,20)(H,16,18). The van der Waals surface area contributed by atoms with E-state index in [-0.39, 0.29) is 17.3 Å². The Morgan fingerprint density at radius 2 is 2.30 bits per heavy atom. The smallest absolute Gasteiger partial charge is 0.289 e. The first-order valence-electron chi connectivity index (χ1n) is 5.75. The van der Waals surface area contributed by atoms with E-state index < -0.39 is 11.7 Å². The number of hydrogen-bond acceptors (Lipinski definition) is 4. The third kappa shape index (κ3) is 3.00. The molecule has 3 N–H and O–H groups in total. The summed E-state index contributed by atoms with van der Waals surface area (Å²) in [6.45, 7) is 1.68. The number of benzene rings is 1. The van der Waals surface area contributed by atoms with Crippen molar-refractivity contribution in [2.24, 2.45) is 5.73 Å². The molecular formula is C13H12FN3O2S. The molecule has 0 aliphatic carbocycles. The molecule has 1 heterocycles. The summed E-state index contributed by atoms with van der Waals surface area (Å²) in [6.07, 6.45) is 1.18. The first-order valence-corrected chi connectivity index (χ1v) is 6.16. The Bertz CT molecular complexity index is 669. The summed E-state index contributed by atoms with van der Waals surface area (Å²) in [4.78, 5) is 15.7. The maximum atomic E-state index is 13.8. The zero-order valence-corrected chi connectivity index (χ0v) is 11.5. The fourth-order valence-electron chi connectivity index (χ4n) is 1.62. The van der Waals surface area contributed by atoms with E-state index in [1.54, 1.807) is 13.0 Å². The molecule has 1 aromatic heterocycles. The van der Waals surface area contributed by atoms with Crippen molar-refractivity contribution in [2.45, 2.75) is 13.5 Å². The van der Waals surface area contributed by atoms with Gasteiger partial charge in [0.25, 0.3) is 5.91 Å². The number of nitrogens with zero attached hydrogens (tertiary/aromatic N) is 1. The fraction of sp³-hybridized carbons (Fsp3) is 0.154. The van der Waals surface area contributed by atoms with E-state index in [9.17, 15) is 9.18 Å². The molecule has 0 bridgehead atoms. The van der Waals surface area contributed by atoms with Crippen molar-refractivity contribution in [3.63, 3.8) is 0 Å². The summed E-state index contributed by atoms with van der Waals surface area (Å²) in [7, 11) is 0. The van der Waals surface area contributed by atoms with Gasteiger partial charge in [-0.3, -0.25) is 4.79 Å². The fourth-order valence-corrected chi connectivity index (χ4v) is 1.75. The van der Waals surface area contributed by atoms with Crippen molar-refractivity contribution in [1.82, 2.24) is 10.3 Å². The predicted octanol–water partition coefficient (Wildman–Crippen LogP) is 1.69. The van der Waals surface area contributed by atoms with Gasteiger partial charge in [0, 0.05) is 17.7 Å². The molecule has 0 fully saturated rings. The maximum Gasteiger partial charge on any atom is 0.289 e. The zero-order valence-electron chi connectivity index (χ0n) is 10.6. The largest absolute Gasteiger partial charge is 0.438 e. The molecule has 0 aliphatic rings. The number of nitrogens with one attached hydrogen (secondary N) is 1. The van der Waals surface area contributed by atoms with E-state index in [1.807, 2.05) is 0 Å². The molecule has 0 aliphatic heterocycles. The summed E-state index contributed by atoms with van der Waals surface area (Å²) in [5.41, 5.74) is 6.66. The monoisotopic (exact) mass is 293 g/mol. The lowest BCUT2D eigenvalue weighted by Crippen LogP contribution is -2.23. The van der Waals surface area contributed by atoms with Gasteiger partial charge in [0.1, 0.15) is 10.8 Å². The minimum atomic E-state index is -0.482. The molecular weight excluding hydrogens is 281 g/mol. The second-order valence-corrected chi connectivity index (χ2v) is 4.56. The highest BCUT2D eigenvalue weighted by Gasteiger charge is 2.14. The number of aromatic nitrogens is 1. The summed E-state index contributed by atoms with van der Waals surface area (Å²) in [5, 5.41) is 2.55. The SMILES string of the molecule is Cc1ncoc1C(=O)NCc1ccc(C(N)=S)cc1F. The van der Waals surface area contributed by atoms with Crippen LogP contribution in [0.1, 0.15) is 27.4 Å². The van der Waals surface area contributed by atoms with Crippen molar-refractivity contribution in [3.8, 4) is 0 Å². The lowest BCUT2D eigenvalue weighted by Gasteiger charge is -2.06. The molecule has 5 nitrogen and oxygen atoms in total. The van der Waals surface area contributed by atoms with E-state index in [1.165, 1.54) is 18.5 Å². The number of nitrogens with two attached hydrogens (primary N) is 1. The highest BCUT2D eigenvalue weighted by Crippen LogP contribution is 2.11. The molecule has 2 aromatic rings. The van der Waals surface area contributed by atoms with Gasteiger partial charge >= 0.3 is 0 Å². The number of amides is 1. The molecule has 104 valence electrons. The summed E-state index contributed by atoms with van der Waals surface area (Å²) in [5.74, 6) is -0.812. The quantitative estimate of drug-likeness (QED) is 0.838. The van der Waals surface area contributed by atoms with Crippen LogP contribution in [0.25, 0.3) is 0 Å². The van der Waals surface area contributed by atoms with E-state index >= 15 is 0 Å². The molecule has 20 heavy (non-hydrogen) atoms. The van der Waals surface area contributed by atoms with Gasteiger partial charge < -0.3 is 15.5 Å². The van der Waals surface area contributed by atoms with Crippen molar-refractivity contribution < 1.29 is 13.6 Å². The Morgan fingerprint density at radius 1 is 1.55 bits per heavy atom. The summed E-state index contributed by atoms with van der Waals surface area (Å²) in [6, 6.07) is 4.37. The van der Waals surface area contributed by atoms with Crippen LogP contribution in [0.5, 0.6) is 0 Å². The first-order chi connectivity index (χ1) is 9.49. The Hall–Kier alpha value is -2.28. The summed E-state index contributed by atoms with van der Waals surface area (Å²) < 4.78 is 18.7. The number of hydrogen-bond donors (Lipinski definition) is 2. The normalized spacial score (nSPS) is 10.3. The molecule has 0 spiro atoms. The number of halogens is 1. The van der Waals surface area contributed by atoms with Crippen LogP contribution in [0.3, 0.4) is 0 Å². The Morgan fingerprint density at radius 3 is 2.85 bits per heavy atom. The van der Waals surface area contributed by atoms with E-state index in [0.717, 1.165) is 0 Å². The number of aryl methyl sites for hydroxylation is 1. The second kappa shape index (κ2) is 5.79. The Balaban J connectivity index is 2.06. The lowest BCUT2D eigenvalue weighted by atomic mass is 10.1. The van der Waals surface area contributed by atoms with Crippen molar-refractivity contribution >= 4 is 23.1 Å². The molecule has 1 amide bonds. The average Bonchev–Trinajstić information content (AvgIpc) is 2.83. The molecule has 0 radical (unpaired) electrons. The lowest BCUT2D eigenvalue weighted by molar-refractivity contribution is 0.0922. The van der Waals surface area contributed by atoms with E-state index in [2.05, 4.69) is 10.3 Å². The average molecular weight is 293 g/mol. The van der Waals surface area contributed by atoms with Gasteiger partial charge in [-0.2, -0.15) is 0 Å². The van der Waals surface area contributed by atoms with Gasteiger partial charge in [-0.05, 0) is 13.0 Å². The van der Waals surface area contributed by atoms with Crippen LogP contribution in [0.4, 0.5) is 4.39 Å². The third-order valence-electron chi connectivity index (χ3n) is 2.73. The van der Waals surface area contributed by atoms with E-state index in [4.69, 9.17) is 22.4 Å². The molecule has 0 unspecified atom stereocenters. The molecule has 7 heteroatoms. The predicted molar refractivity (Wildman–Crippen MR) is 74.7 cm³/mol. The highest BCUT2D eigenvalue weighted by molar-refractivity contribution is 7.80. The first kappa shape index (κ1) is 14.1. The Kier molecular flexibility index (Phi) is 4.09. The van der Waals surface area contributed by atoms with E-state index in [0.29, 0.717) is 16.8 Å². The molecule has 2 rings (SSSR count). The van der Waals surface area contributed by atoms with Crippen LogP contribution < -0.4 is 11.1 Å². The number of thiocarbonyl (C=S) groups is 1. The second-order valence-electron chi connectivity index (χ2n) is 4.12. The highest BCUT2D eigenvalue weighted by atomic mass is 32.1. The topological polar surface area (TPSA) is 81.2 Å². The minimum Gasteiger partial charge on any atom is -0.438 e. The number of oxazole rings is 1.